The second-order valence-corrected chi connectivity index (χ2v) is 8.26. The molecule has 1 aliphatic carbocycles. The van der Waals surface area contributed by atoms with E-state index in [2.05, 4.69) is 0 Å². The number of hydrogen-bond acceptors (Lipinski definition) is 5. The SMILES string of the molecule is CC(C)[C@H]1COC(=O)N1C(=O)[C@@H](CC(=O)OC(C)(C)C)CC1CC1. The fourth-order valence-corrected chi connectivity index (χ4v) is 2.99. The molecule has 2 aliphatic rings. The van der Waals surface area contributed by atoms with Gasteiger partial charge in [-0.15, -0.1) is 0 Å². The second kappa shape index (κ2) is 7.11. The predicted molar refractivity (Wildman–Crippen MR) is 88.1 cm³/mol. The van der Waals surface area contributed by atoms with E-state index < -0.39 is 23.6 Å². The van der Waals surface area contributed by atoms with Crippen LogP contribution in [0.5, 0.6) is 0 Å². The molecule has 6 nitrogen and oxygen atoms in total. The average molecular weight is 339 g/mol. The largest absolute Gasteiger partial charge is 0.460 e. The molecule has 0 spiro atoms. The number of carbonyl (C=O) groups excluding carboxylic acids is 3. The third-order valence-electron chi connectivity index (χ3n) is 4.41. The number of nitrogens with zero attached hydrogens (tertiary/aromatic N) is 1. The Morgan fingerprint density at radius 3 is 2.42 bits per heavy atom. The van der Waals surface area contributed by atoms with E-state index in [0.29, 0.717) is 12.3 Å². The maximum absolute atomic E-state index is 13.0. The summed E-state index contributed by atoms with van der Waals surface area (Å²) in [6.07, 6.45) is 2.21. The first kappa shape index (κ1) is 18.7. The number of imide groups is 1. The molecule has 24 heavy (non-hydrogen) atoms. The third-order valence-corrected chi connectivity index (χ3v) is 4.41. The van der Waals surface area contributed by atoms with Gasteiger partial charge in [0.2, 0.25) is 5.91 Å². The summed E-state index contributed by atoms with van der Waals surface area (Å²) in [5, 5.41) is 0. The molecule has 1 saturated carbocycles. The molecule has 0 aromatic carbocycles. The van der Waals surface area contributed by atoms with Gasteiger partial charge >= 0.3 is 12.1 Å². The van der Waals surface area contributed by atoms with Gasteiger partial charge in [-0.2, -0.15) is 0 Å². The van der Waals surface area contributed by atoms with Crippen LogP contribution >= 0.6 is 0 Å². The first-order valence-electron chi connectivity index (χ1n) is 8.80. The highest BCUT2D eigenvalue weighted by Crippen LogP contribution is 2.38. The molecule has 0 aromatic rings. The maximum Gasteiger partial charge on any atom is 0.416 e. The van der Waals surface area contributed by atoms with Crippen molar-refractivity contribution >= 4 is 18.0 Å². The summed E-state index contributed by atoms with van der Waals surface area (Å²) in [6, 6.07) is -0.259. The number of ether oxygens (including phenoxy) is 2. The zero-order chi connectivity index (χ0) is 18.1. The molecule has 0 radical (unpaired) electrons. The molecule has 2 rings (SSSR count). The summed E-state index contributed by atoms with van der Waals surface area (Å²) in [5.74, 6) is -0.621. The standard InChI is InChI=1S/C18H29NO5/c1-11(2)14-10-23-17(22)19(14)16(21)13(8-12-6-7-12)9-15(20)24-18(3,4)5/h11-14H,6-10H2,1-5H3/t13-,14-/m1/s1. The summed E-state index contributed by atoms with van der Waals surface area (Å²) in [6.45, 7) is 9.54. The van der Waals surface area contributed by atoms with Crippen LogP contribution in [0.15, 0.2) is 0 Å². The lowest BCUT2D eigenvalue weighted by atomic mass is 9.94. The van der Waals surface area contributed by atoms with Crippen LogP contribution in [0, 0.1) is 17.8 Å². The van der Waals surface area contributed by atoms with E-state index in [4.69, 9.17) is 9.47 Å². The van der Waals surface area contributed by atoms with Crippen LogP contribution in [0.3, 0.4) is 0 Å². The second-order valence-electron chi connectivity index (χ2n) is 8.26. The van der Waals surface area contributed by atoms with E-state index in [9.17, 15) is 14.4 Å². The molecule has 1 heterocycles. The van der Waals surface area contributed by atoms with E-state index in [1.807, 2.05) is 13.8 Å². The van der Waals surface area contributed by atoms with Crippen LogP contribution in [-0.2, 0) is 19.1 Å². The summed E-state index contributed by atoms with van der Waals surface area (Å²) in [4.78, 5) is 38.4. The van der Waals surface area contributed by atoms with E-state index in [1.165, 1.54) is 4.90 Å². The van der Waals surface area contributed by atoms with E-state index in [1.54, 1.807) is 20.8 Å². The van der Waals surface area contributed by atoms with Gasteiger partial charge in [0, 0.05) is 5.92 Å². The van der Waals surface area contributed by atoms with Crippen molar-refractivity contribution in [3.63, 3.8) is 0 Å². The highest BCUT2D eigenvalue weighted by Gasteiger charge is 2.44. The molecular weight excluding hydrogens is 310 g/mol. The van der Waals surface area contributed by atoms with Crippen molar-refractivity contribution in [3.05, 3.63) is 0 Å². The monoisotopic (exact) mass is 339 g/mol. The van der Waals surface area contributed by atoms with Crippen molar-refractivity contribution < 1.29 is 23.9 Å². The minimum absolute atomic E-state index is 0.0151. The number of cyclic esters (lactones) is 1. The Kier molecular flexibility index (Phi) is 5.56. The first-order chi connectivity index (χ1) is 11.1. The molecule has 2 amide bonds. The van der Waals surface area contributed by atoms with E-state index in [0.717, 1.165) is 12.8 Å². The number of rotatable bonds is 6. The molecule has 6 heteroatoms. The van der Waals surface area contributed by atoms with Gasteiger partial charge in [0.05, 0.1) is 12.5 Å². The van der Waals surface area contributed by atoms with Gasteiger partial charge in [0.15, 0.2) is 0 Å². The van der Waals surface area contributed by atoms with Gasteiger partial charge in [0.25, 0.3) is 0 Å². The Hall–Kier alpha value is -1.59. The molecule has 0 aromatic heterocycles. The average Bonchev–Trinajstić information content (AvgIpc) is 3.15. The number of carbonyl (C=O) groups is 3. The fraction of sp³-hybridized carbons (Fsp3) is 0.833. The molecule has 2 fully saturated rings. The third kappa shape index (κ3) is 4.95. The minimum atomic E-state index is -0.594. The van der Waals surface area contributed by atoms with Crippen molar-refractivity contribution in [2.75, 3.05) is 6.61 Å². The Morgan fingerprint density at radius 2 is 1.92 bits per heavy atom. The van der Waals surface area contributed by atoms with E-state index in [-0.39, 0.29) is 30.9 Å². The van der Waals surface area contributed by atoms with Crippen LogP contribution in [-0.4, -0.2) is 41.1 Å². The summed E-state index contributed by atoms with van der Waals surface area (Å²) >= 11 is 0. The van der Waals surface area contributed by atoms with Crippen molar-refractivity contribution in [1.29, 1.82) is 0 Å². The molecule has 0 unspecified atom stereocenters. The Labute approximate surface area is 143 Å². The predicted octanol–water partition coefficient (Wildman–Crippen LogP) is 3.14. The molecule has 0 N–H and O–H groups in total. The first-order valence-corrected chi connectivity index (χ1v) is 8.80. The number of esters is 1. The summed E-state index contributed by atoms with van der Waals surface area (Å²) < 4.78 is 10.4. The number of hydrogen-bond donors (Lipinski definition) is 0. The highest BCUT2D eigenvalue weighted by atomic mass is 16.6. The van der Waals surface area contributed by atoms with Gasteiger partial charge in [-0.25, -0.2) is 9.69 Å². The topological polar surface area (TPSA) is 72.9 Å². The zero-order valence-corrected chi connectivity index (χ0v) is 15.3. The van der Waals surface area contributed by atoms with Crippen molar-refractivity contribution in [3.8, 4) is 0 Å². The highest BCUT2D eigenvalue weighted by molar-refractivity contribution is 5.96. The normalized spacial score (nSPS) is 22.5. The molecule has 136 valence electrons. The lowest BCUT2D eigenvalue weighted by Crippen LogP contribution is -2.45. The van der Waals surface area contributed by atoms with Gasteiger partial charge < -0.3 is 9.47 Å². The van der Waals surface area contributed by atoms with Gasteiger partial charge in [0.1, 0.15) is 12.2 Å². The van der Waals surface area contributed by atoms with Crippen LogP contribution in [0.25, 0.3) is 0 Å². The minimum Gasteiger partial charge on any atom is -0.460 e. The summed E-state index contributed by atoms with van der Waals surface area (Å²) in [7, 11) is 0. The molecule has 0 bridgehead atoms. The quantitative estimate of drug-likeness (QED) is 0.695. The van der Waals surface area contributed by atoms with Crippen LogP contribution in [0.4, 0.5) is 4.79 Å². The van der Waals surface area contributed by atoms with Crippen LogP contribution in [0.1, 0.15) is 60.3 Å². The van der Waals surface area contributed by atoms with Crippen LogP contribution in [0.2, 0.25) is 0 Å². The lowest BCUT2D eigenvalue weighted by molar-refractivity contribution is -0.158. The van der Waals surface area contributed by atoms with E-state index >= 15 is 0 Å². The molecule has 1 aliphatic heterocycles. The zero-order valence-electron chi connectivity index (χ0n) is 15.3. The van der Waals surface area contributed by atoms with Crippen molar-refractivity contribution in [2.24, 2.45) is 17.8 Å². The number of amides is 2. The Bertz CT molecular complexity index is 504. The molecular formula is C18H29NO5. The van der Waals surface area contributed by atoms with Gasteiger partial charge in [-0.3, -0.25) is 9.59 Å². The molecule has 2 atom stereocenters. The van der Waals surface area contributed by atoms with Gasteiger partial charge in [-0.1, -0.05) is 26.7 Å². The van der Waals surface area contributed by atoms with Crippen molar-refractivity contribution in [1.82, 2.24) is 4.90 Å². The Morgan fingerprint density at radius 1 is 1.29 bits per heavy atom. The van der Waals surface area contributed by atoms with Crippen molar-refractivity contribution in [2.45, 2.75) is 71.9 Å². The lowest BCUT2D eigenvalue weighted by Gasteiger charge is -2.27. The summed E-state index contributed by atoms with van der Waals surface area (Å²) in [5.41, 5.74) is -0.586. The van der Waals surface area contributed by atoms with Gasteiger partial charge in [-0.05, 0) is 39.0 Å². The van der Waals surface area contributed by atoms with Crippen LogP contribution < -0.4 is 0 Å². The molecule has 1 saturated heterocycles. The Balaban J connectivity index is 2.09. The maximum atomic E-state index is 13.0. The fourth-order valence-electron chi connectivity index (χ4n) is 2.99. The smallest absolute Gasteiger partial charge is 0.416 e.